The Bertz CT molecular complexity index is 1390. The molecule has 9 nitrogen and oxygen atoms in total. The van der Waals surface area contributed by atoms with E-state index in [1.807, 2.05) is 50.2 Å². The third kappa shape index (κ3) is 5.02. The molecule has 39 heavy (non-hydrogen) atoms. The molecule has 4 amide bonds. The molecule has 0 aliphatic carbocycles. The minimum absolute atomic E-state index is 0.00243. The number of morpholine rings is 1. The SMILES string of the molecule is Bc1cc(C(B)(B)Oc2cccc3c2CN(C2CCC(=O)NC2=O)C3=O)c(B)cc1C(B)N1CCOCC1=O. The van der Waals surface area contributed by atoms with Gasteiger partial charge in [-0.3, -0.25) is 24.5 Å². The highest BCUT2D eigenvalue weighted by atomic mass is 16.5. The van der Waals surface area contributed by atoms with Crippen LogP contribution in [-0.2, 0) is 31.1 Å². The van der Waals surface area contributed by atoms with Crippen molar-refractivity contribution in [1.29, 1.82) is 0 Å². The first-order chi connectivity index (χ1) is 18.5. The molecular weight excluding hydrogens is 492 g/mol. The van der Waals surface area contributed by atoms with Gasteiger partial charge in [0.05, 0.1) is 18.6 Å². The Balaban J connectivity index is 1.40. The van der Waals surface area contributed by atoms with Crippen LogP contribution in [0.15, 0.2) is 30.3 Å². The summed E-state index contributed by atoms with van der Waals surface area (Å²) in [6.45, 7) is 1.47. The summed E-state index contributed by atoms with van der Waals surface area (Å²) in [5.41, 5.74) is 5.46. The number of nitrogens with one attached hydrogen (secondary N) is 1. The molecule has 2 unspecified atom stereocenters. The van der Waals surface area contributed by atoms with Crippen LogP contribution in [0.25, 0.3) is 0 Å². The zero-order valence-electron chi connectivity index (χ0n) is 23.1. The van der Waals surface area contributed by atoms with E-state index < -0.39 is 17.3 Å². The lowest BCUT2D eigenvalue weighted by Crippen LogP contribution is -2.52. The Labute approximate surface area is 232 Å². The highest BCUT2D eigenvalue weighted by Crippen LogP contribution is 2.36. The summed E-state index contributed by atoms with van der Waals surface area (Å²) in [5.74, 6) is -0.458. The topological polar surface area (TPSA) is 105 Å². The highest BCUT2D eigenvalue weighted by Gasteiger charge is 2.41. The molecule has 0 bridgehead atoms. The number of hydrogen-bond donors (Lipinski definition) is 1. The fourth-order valence-corrected chi connectivity index (χ4v) is 6.03. The molecule has 3 aliphatic heterocycles. The van der Waals surface area contributed by atoms with E-state index in [0.29, 0.717) is 30.9 Å². The predicted octanol–water partition coefficient (Wildman–Crippen LogP) is -5.09. The monoisotopic (exact) mass is 523 g/mol. The maximum atomic E-state index is 13.2. The van der Waals surface area contributed by atoms with Gasteiger partial charge in [0.25, 0.3) is 5.91 Å². The van der Waals surface area contributed by atoms with Crippen molar-refractivity contribution in [3.63, 3.8) is 0 Å². The normalized spacial score (nSPS) is 20.6. The quantitative estimate of drug-likeness (QED) is 0.301. The largest absolute Gasteiger partial charge is 0.501 e. The van der Waals surface area contributed by atoms with Gasteiger partial charge in [-0.1, -0.05) is 29.1 Å². The van der Waals surface area contributed by atoms with E-state index >= 15 is 0 Å². The van der Waals surface area contributed by atoms with Gasteiger partial charge in [0.15, 0.2) is 15.7 Å². The molecule has 0 radical (unpaired) electrons. The Kier molecular flexibility index (Phi) is 7.18. The summed E-state index contributed by atoms with van der Waals surface area (Å²) in [5, 5.41) is 1.61. The van der Waals surface area contributed by atoms with Gasteiger partial charge >= 0.3 is 0 Å². The van der Waals surface area contributed by atoms with Crippen molar-refractivity contribution >= 4 is 73.8 Å². The van der Waals surface area contributed by atoms with E-state index in [1.165, 1.54) is 4.90 Å². The fraction of sp³-hybridized carbons (Fsp3) is 0.360. The third-order valence-corrected chi connectivity index (χ3v) is 8.11. The van der Waals surface area contributed by atoms with E-state index in [9.17, 15) is 19.2 Å². The Hall–Kier alpha value is -3.40. The number of fused-ring (bicyclic) bond motifs is 1. The number of benzene rings is 2. The molecule has 5 rings (SSSR count). The van der Waals surface area contributed by atoms with Crippen molar-refractivity contribution in [2.75, 3.05) is 19.8 Å². The lowest BCUT2D eigenvalue weighted by atomic mass is 9.57. The molecule has 3 heterocycles. The first kappa shape index (κ1) is 27.2. The lowest BCUT2D eigenvalue weighted by Gasteiger charge is -2.35. The number of nitrogens with zero attached hydrogens (tertiary/aromatic N) is 2. The molecule has 3 aliphatic rings. The molecule has 2 atom stereocenters. The van der Waals surface area contributed by atoms with Crippen molar-refractivity contribution < 1.29 is 28.7 Å². The zero-order chi connectivity index (χ0) is 28.1. The number of piperidine rings is 1. The maximum Gasteiger partial charge on any atom is 0.255 e. The van der Waals surface area contributed by atoms with Gasteiger partial charge in [-0.05, 0) is 29.7 Å². The van der Waals surface area contributed by atoms with Crippen molar-refractivity contribution in [3.05, 3.63) is 52.6 Å². The molecule has 196 valence electrons. The van der Waals surface area contributed by atoms with Gasteiger partial charge in [-0.25, -0.2) is 0 Å². The zero-order valence-corrected chi connectivity index (χ0v) is 23.1. The molecular formula is C25H30B5N3O6. The Morgan fingerprint density at radius 1 is 1.10 bits per heavy atom. The number of hydrogen-bond acceptors (Lipinski definition) is 6. The third-order valence-electron chi connectivity index (χ3n) is 8.11. The summed E-state index contributed by atoms with van der Waals surface area (Å²) in [4.78, 5) is 53.1. The summed E-state index contributed by atoms with van der Waals surface area (Å²) in [7, 11) is 10.1. The number of carbonyl (C=O) groups excluding carboxylic acids is 4. The molecule has 2 aromatic rings. The predicted molar refractivity (Wildman–Crippen MR) is 158 cm³/mol. The smallest absolute Gasteiger partial charge is 0.255 e. The minimum Gasteiger partial charge on any atom is -0.501 e. The average molecular weight is 523 g/mol. The van der Waals surface area contributed by atoms with Crippen molar-refractivity contribution in [2.24, 2.45) is 0 Å². The molecule has 1 N–H and O–H groups in total. The second-order valence-electron chi connectivity index (χ2n) is 11.1. The van der Waals surface area contributed by atoms with E-state index in [1.54, 1.807) is 12.1 Å². The molecule has 2 saturated heterocycles. The number of imide groups is 1. The van der Waals surface area contributed by atoms with Crippen LogP contribution in [0.4, 0.5) is 0 Å². The molecule has 0 spiro atoms. The first-order valence-corrected chi connectivity index (χ1v) is 13.4. The van der Waals surface area contributed by atoms with E-state index in [-0.39, 0.29) is 43.2 Å². The summed E-state index contributed by atoms with van der Waals surface area (Å²) in [6, 6.07) is 8.97. The van der Waals surface area contributed by atoms with Crippen LogP contribution in [0, 0.1) is 0 Å². The van der Waals surface area contributed by atoms with Gasteiger partial charge in [0.1, 0.15) is 41.9 Å². The maximum absolute atomic E-state index is 13.2. The van der Waals surface area contributed by atoms with Crippen LogP contribution in [0.1, 0.15) is 45.8 Å². The number of ether oxygens (including phenoxy) is 2. The van der Waals surface area contributed by atoms with Gasteiger partial charge < -0.3 is 19.3 Å². The van der Waals surface area contributed by atoms with Crippen LogP contribution in [-0.4, -0.2) is 98.5 Å². The van der Waals surface area contributed by atoms with Crippen LogP contribution in [0.3, 0.4) is 0 Å². The average Bonchev–Trinajstić information content (AvgIpc) is 3.22. The Morgan fingerprint density at radius 2 is 1.87 bits per heavy atom. The number of amides is 4. The number of carbonyl (C=O) groups is 4. The minimum atomic E-state index is -0.731. The van der Waals surface area contributed by atoms with Crippen molar-refractivity contribution in [1.82, 2.24) is 15.1 Å². The first-order valence-electron chi connectivity index (χ1n) is 13.4. The van der Waals surface area contributed by atoms with Gasteiger partial charge in [-0.15, -0.1) is 0 Å². The lowest BCUT2D eigenvalue weighted by molar-refractivity contribution is -0.143. The van der Waals surface area contributed by atoms with Crippen LogP contribution >= 0.6 is 0 Å². The fourth-order valence-electron chi connectivity index (χ4n) is 6.03. The number of rotatable bonds is 6. The van der Waals surface area contributed by atoms with Crippen molar-refractivity contribution in [2.45, 2.75) is 36.8 Å². The standard InChI is InChI=1S/C25H30B5N3O6/c26-16-9-15(17(27)8-13(16)22(28)32-6-7-38-11-21(32)35)25(29,30)39-19-3-1-2-12-14(19)10-33(24(12)37)18-4-5-20(34)31-23(18)36/h1-3,8-9,18,22H,4-7,10-11,26-30H2,(H,31,34,36). The van der Waals surface area contributed by atoms with E-state index in [2.05, 4.69) is 17.4 Å². The van der Waals surface area contributed by atoms with Gasteiger partial charge in [-0.2, -0.15) is 0 Å². The van der Waals surface area contributed by atoms with Gasteiger partial charge in [0.2, 0.25) is 17.7 Å². The van der Waals surface area contributed by atoms with E-state index in [4.69, 9.17) is 9.47 Å². The van der Waals surface area contributed by atoms with Crippen LogP contribution in [0.5, 0.6) is 5.75 Å². The van der Waals surface area contributed by atoms with Crippen LogP contribution in [0.2, 0.25) is 0 Å². The van der Waals surface area contributed by atoms with Crippen LogP contribution < -0.4 is 21.0 Å². The molecule has 0 aromatic heterocycles. The summed E-state index contributed by atoms with van der Waals surface area (Å²) >= 11 is 0. The molecule has 2 fully saturated rings. The molecule has 2 aromatic carbocycles. The second kappa shape index (κ2) is 10.3. The highest BCUT2D eigenvalue weighted by molar-refractivity contribution is 6.44. The van der Waals surface area contributed by atoms with Crippen molar-refractivity contribution in [3.8, 4) is 5.75 Å². The molecule has 0 saturated carbocycles. The summed E-state index contributed by atoms with van der Waals surface area (Å²) < 4.78 is 11.9. The Morgan fingerprint density at radius 3 is 2.59 bits per heavy atom. The molecule has 14 heteroatoms. The van der Waals surface area contributed by atoms with Gasteiger partial charge in [0, 0.05) is 30.0 Å². The summed E-state index contributed by atoms with van der Waals surface area (Å²) in [6.07, 6.45) is 0.519. The van der Waals surface area contributed by atoms with E-state index in [0.717, 1.165) is 27.6 Å². The second-order valence-corrected chi connectivity index (χ2v) is 11.1.